The molecule has 1 atom stereocenters. The topological polar surface area (TPSA) is 124 Å². The summed E-state index contributed by atoms with van der Waals surface area (Å²) in [4.78, 5) is 26.0. The smallest absolute Gasteiger partial charge is 0.339 e. The van der Waals surface area contributed by atoms with Gasteiger partial charge in [0.2, 0.25) is 11.8 Å². The highest BCUT2D eigenvalue weighted by Gasteiger charge is 2.59. The van der Waals surface area contributed by atoms with E-state index in [0.717, 1.165) is 0 Å². The van der Waals surface area contributed by atoms with E-state index < -0.39 is 17.3 Å². The van der Waals surface area contributed by atoms with Gasteiger partial charge in [-0.2, -0.15) is 5.26 Å². The summed E-state index contributed by atoms with van der Waals surface area (Å²) in [6.07, 6.45) is 0. The summed E-state index contributed by atoms with van der Waals surface area (Å²) < 4.78 is 16.2. The third-order valence-electron chi connectivity index (χ3n) is 4.42. The van der Waals surface area contributed by atoms with E-state index in [1.54, 1.807) is 18.2 Å². The Morgan fingerprint density at radius 3 is 2.85 bits per heavy atom. The van der Waals surface area contributed by atoms with Gasteiger partial charge in [-0.1, -0.05) is 15.9 Å². The molecule has 0 radical (unpaired) electrons. The van der Waals surface area contributed by atoms with Crippen molar-refractivity contribution in [1.29, 1.82) is 5.26 Å². The Kier molecular flexibility index (Phi) is 4.95. The van der Waals surface area contributed by atoms with Crippen molar-refractivity contribution in [3.63, 3.8) is 0 Å². The molecule has 1 amide bonds. The molecule has 1 unspecified atom stereocenters. The van der Waals surface area contributed by atoms with Gasteiger partial charge in [-0.05, 0) is 25.1 Å². The molecule has 0 bridgehead atoms. The molecule has 9 heteroatoms. The Balaban J connectivity index is 2.26. The number of allylic oxidation sites excluding steroid dienone is 1. The van der Waals surface area contributed by atoms with Gasteiger partial charge in [-0.15, -0.1) is 0 Å². The monoisotopic (exact) mass is 433 g/mol. The first-order valence-electron chi connectivity index (χ1n) is 7.95. The van der Waals surface area contributed by atoms with Crippen LogP contribution in [0.2, 0.25) is 0 Å². The molecular formula is C18H16BrN3O5. The molecule has 27 heavy (non-hydrogen) atoms. The molecule has 0 fully saturated rings. The van der Waals surface area contributed by atoms with Crippen molar-refractivity contribution in [3.8, 4) is 6.07 Å². The number of esters is 1. The Labute approximate surface area is 163 Å². The number of nitrogens with two attached hydrogens (primary N) is 1. The number of hydrogen-bond donors (Lipinski definition) is 2. The lowest BCUT2D eigenvalue weighted by Crippen LogP contribution is -2.45. The number of halogens is 1. The molecule has 0 saturated carbocycles. The van der Waals surface area contributed by atoms with E-state index in [1.807, 2.05) is 6.07 Å². The minimum Gasteiger partial charge on any atom is -0.460 e. The second-order valence-corrected chi connectivity index (χ2v) is 6.82. The SMILES string of the molecule is COCCOC(=O)C1=C(C)OC(N)=C(C#N)C12C(=O)Nc1ccc(Br)cc12. The van der Waals surface area contributed by atoms with E-state index in [2.05, 4.69) is 21.2 Å². The van der Waals surface area contributed by atoms with Gasteiger partial charge < -0.3 is 25.3 Å². The Hall–Kier alpha value is -2.83. The minimum atomic E-state index is -1.75. The summed E-state index contributed by atoms with van der Waals surface area (Å²) >= 11 is 3.37. The van der Waals surface area contributed by atoms with Gasteiger partial charge in [0.15, 0.2) is 5.41 Å². The maximum absolute atomic E-state index is 13.1. The highest BCUT2D eigenvalue weighted by molar-refractivity contribution is 9.10. The number of rotatable bonds is 4. The van der Waals surface area contributed by atoms with Gasteiger partial charge in [0, 0.05) is 22.8 Å². The van der Waals surface area contributed by atoms with Crippen molar-refractivity contribution < 1.29 is 23.8 Å². The molecule has 2 aliphatic rings. The number of fused-ring (bicyclic) bond motifs is 2. The fourth-order valence-corrected chi connectivity index (χ4v) is 3.70. The van der Waals surface area contributed by atoms with Crippen molar-refractivity contribution in [2.45, 2.75) is 12.3 Å². The zero-order valence-corrected chi connectivity index (χ0v) is 16.2. The van der Waals surface area contributed by atoms with Gasteiger partial charge >= 0.3 is 5.97 Å². The van der Waals surface area contributed by atoms with Crippen LogP contribution in [0.25, 0.3) is 0 Å². The molecule has 0 saturated heterocycles. The second kappa shape index (κ2) is 7.06. The summed E-state index contributed by atoms with van der Waals surface area (Å²) in [7, 11) is 1.47. The normalized spacial score (nSPS) is 20.9. The van der Waals surface area contributed by atoms with Gasteiger partial charge in [0.05, 0.1) is 6.61 Å². The maximum Gasteiger partial charge on any atom is 0.339 e. The summed E-state index contributed by atoms with van der Waals surface area (Å²) in [5.74, 6) is -1.49. The third kappa shape index (κ3) is 2.78. The average molecular weight is 434 g/mol. The fourth-order valence-electron chi connectivity index (χ4n) is 3.34. The van der Waals surface area contributed by atoms with E-state index in [-0.39, 0.29) is 36.0 Å². The van der Waals surface area contributed by atoms with Crippen molar-refractivity contribution in [2.75, 3.05) is 25.6 Å². The lowest BCUT2D eigenvalue weighted by molar-refractivity contribution is -0.142. The molecule has 0 aromatic heterocycles. The first-order valence-corrected chi connectivity index (χ1v) is 8.74. The number of carbonyl (C=O) groups excluding carboxylic acids is 2. The number of ether oxygens (including phenoxy) is 3. The zero-order valence-electron chi connectivity index (χ0n) is 14.6. The molecule has 2 heterocycles. The lowest BCUT2D eigenvalue weighted by atomic mass is 9.68. The summed E-state index contributed by atoms with van der Waals surface area (Å²) in [5, 5.41) is 12.5. The third-order valence-corrected chi connectivity index (χ3v) is 4.92. The summed E-state index contributed by atoms with van der Waals surface area (Å²) in [6, 6.07) is 7.02. The van der Waals surface area contributed by atoms with E-state index in [1.165, 1.54) is 14.0 Å². The molecule has 1 spiro atoms. The van der Waals surface area contributed by atoms with Gasteiger partial charge in [0.1, 0.15) is 29.6 Å². The standard InChI is InChI=1S/C18H16BrN3O5/c1-9-14(16(23)26-6-5-25-2)18(12(8-20)15(21)27-9)11-7-10(19)3-4-13(11)22-17(18)24/h3-4,7H,5-6,21H2,1-2H3,(H,22,24). The number of benzene rings is 1. The molecule has 1 aromatic carbocycles. The van der Waals surface area contributed by atoms with Crippen LogP contribution in [-0.4, -0.2) is 32.2 Å². The predicted octanol–water partition coefficient (Wildman–Crippen LogP) is 1.83. The molecule has 3 N–H and O–H groups in total. The number of methoxy groups -OCH3 is 1. The van der Waals surface area contributed by atoms with E-state index in [0.29, 0.717) is 15.7 Å². The van der Waals surface area contributed by atoms with Crippen LogP contribution in [0.4, 0.5) is 5.69 Å². The molecular weight excluding hydrogens is 418 g/mol. The number of anilines is 1. The lowest BCUT2D eigenvalue weighted by Gasteiger charge is -2.33. The number of hydrogen-bond acceptors (Lipinski definition) is 7. The average Bonchev–Trinajstić information content (AvgIpc) is 2.88. The number of nitriles is 1. The van der Waals surface area contributed by atoms with Crippen molar-refractivity contribution in [3.05, 3.63) is 51.0 Å². The van der Waals surface area contributed by atoms with Crippen LogP contribution in [0.5, 0.6) is 0 Å². The number of amides is 1. The highest BCUT2D eigenvalue weighted by Crippen LogP contribution is 2.52. The number of carbonyl (C=O) groups is 2. The van der Waals surface area contributed by atoms with Gasteiger partial charge in [0.25, 0.3) is 0 Å². The molecule has 140 valence electrons. The molecule has 0 aliphatic carbocycles. The van der Waals surface area contributed by atoms with Crippen molar-refractivity contribution in [2.24, 2.45) is 5.73 Å². The van der Waals surface area contributed by atoms with Crippen LogP contribution < -0.4 is 11.1 Å². The Bertz CT molecular complexity index is 947. The predicted molar refractivity (Wildman–Crippen MR) is 97.9 cm³/mol. The summed E-state index contributed by atoms with van der Waals surface area (Å²) in [5.41, 5.74) is 4.81. The maximum atomic E-state index is 13.1. The quantitative estimate of drug-likeness (QED) is 0.547. The first-order chi connectivity index (χ1) is 12.9. The van der Waals surface area contributed by atoms with Crippen LogP contribution in [0, 0.1) is 11.3 Å². The first kappa shape index (κ1) is 18.9. The summed E-state index contributed by atoms with van der Waals surface area (Å²) in [6.45, 7) is 1.67. The molecule has 3 rings (SSSR count). The number of nitrogens with zero attached hydrogens (tertiary/aromatic N) is 1. The second-order valence-electron chi connectivity index (χ2n) is 5.91. The largest absolute Gasteiger partial charge is 0.460 e. The van der Waals surface area contributed by atoms with E-state index in [4.69, 9.17) is 19.9 Å². The van der Waals surface area contributed by atoms with Crippen LogP contribution in [0.15, 0.2) is 45.5 Å². The van der Waals surface area contributed by atoms with Crippen LogP contribution >= 0.6 is 15.9 Å². The van der Waals surface area contributed by atoms with Gasteiger partial charge in [-0.25, -0.2) is 4.79 Å². The van der Waals surface area contributed by atoms with Crippen molar-refractivity contribution in [1.82, 2.24) is 0 Å². The number of nitrogens with one attached hydrogen (secondary N) is 1. The molecule has 8 nitrogen and oxygen atoms in total. The van der Waals surface area contributed by atoms with Gasteiger partial charge in [-0.3, -0.25) is 4.79 Å². The Morgan fingerprint density at radius 1 is 1.44 bits per heavy atom. The van der Waals surface area contributed by atoms with Crippen LogP contribution in [0.3, 0.4) is 0 Å². The van der Waals surface area contributed by atoms with Crippen LogP contribution in [-0.2, 0) is 29.2 Å². The minimum absolute atomic E-state index is 0.0176. The fraction of sp³-hybridized carbons (Fsp3) is 0.278. The van der Waals surface area contributed by atoms with Crippen LogP contribution in [0.1, 0.15) is 12.5 Å². The molecule has 2 aliphatic heterocycles. The highest BCUT2D eigenvalue weighted by atomic mass is 79.9. The molecule has 1 aromatic rings. The van der Waals surface area contributed by atoms with E-state index >= 15 is 0 Å². The van der Waals surface area contributed by atoms with Crippen molar-refractivity contribution >= 4 is 33.5 Å². The zero-order chi connectivity index (χ0) is 19.8. The van der Waals surface area contributed by atoms with E-state index in [9.17, 15) is 14.9 Å². The Morgan fingerprint density at radius 2 is 2.19 bits per heavy atom.